The van der Waals surface area contributed by atoms with Gasteiger partial charge in [-0.1, -0.05) is 121 Å². The van der Waals surface area contributed by atoms with Crippen LogP contribution in [0.3, 0.4) is 0 Å². The molecule has 2 atom stereocenters. The number of thiophene rings is 1. The SMILES string of the molecule is C1=CC2=C(c3ccc4ccccc4c3)C=CC3=CC=C4C(c5cccc6c5sc5ccccc56)=CC=C1C4C32. The quantitative estimate of drug-likeness (QED) is 0.221. The number of rotatable bonds is 2. The first-order valence-electron chi connectivity index (χ1n) is 13.7. The van der Waals surface area contributed by atoms with Gasteiger partial charge in [-0.25, -0.2) is 0 Å². The fourth-order valence-electron chi connectivity index (χ4n) is 7.10. The van der Waals surface area contributed by atoms with Crippen LogP contribution in [0.4, 0.5) is 0 Å². The van der Waals surface area contributed by atoms with Crippen LogP contribution < -0.4 is 0 Å². The van der Waals surface area contributed by atoms with E-state index in [0.29, 0.717) is 11.8 Å². The molecule has 182 valence electrons. The first-order valence-corrected chi connectivity index (χ1v) is 14.5. The molecular weight excluding hydrogens is 488 g/mol. The molecule has 1 heterocycles. The second-order valence-corrected chi connectivity index (χ2v) is 11.9. The highest BCUT2D eigenvalue weighted by Gasteiger charge is 2.40. The molecule has 0 N–H and O–H groups in total. The topological polar surface area (TPSA) is 0 Å². The van der Waals surface area contributed by atoms with Crippen LogP contribution in [0.2, 0.25) is 0 Å². The Bertz CT molecular complexity index is 2110. The molecule has 0 fully saturated rings. The summed E-state index contributed by atoms with van der Waals surface area (Å²) in [5, 5.41) is 5.30. The summed E-state index contributed by atoms with van der Waals surface area (Å²) in [5.74, 6) is 0.688. The molecule has 4 aromatic carbocycles. The van der Waals surface area contributed by atoms with Crippen molar-refractivity contribution in [2.75, 3.05) is 0 Å². The van der Waals surface area contributed by atoms with Crippen molar-refractivity contribution in [2.45, 2.75) is 0 Å². The van der Waals surface area contributed by atoms with Crippen LogP contribution in [-0.4, -0.2) is 0 Å². The van der Waals surface area contributed by atoms with Gasteiger partial charge in [-0.3, -0.25) is 0 Å². The third kappa shape index (κ3) is 3.05. The molecule has 9 rings (SSSR count). The molecular formula is C38H24S. The Morgan fingerprint density at radius 2 is 1.36 bits per heavy atom. The Hall–Kier alpha value is -4.46. The Kier molecular flexibility index (Phi) is 4.42. The maximum Gasteiger partial charge on any atom is 0.0433 e. The summed E-state index contributed by atoms with van der Waals surface area (Å²) in [6.07, 6.45) is 18.9. The fourth-order valence-corrected chi connectivity index (χ4v) is 8.33. The minimum atomic E-state index is 0.343. The molecule has 0 bridgehead atoms. The molecule has 4 aliphatic carbocycles. The van der Waals surface area contributed by atoms with Gasteiger partial charge in [0.25, 0.3) is 0 Å². The zero-order valence-electron chi connectivity index (χ0n) is 21.3. The van der Waals surface area contributed by atoms with Crippen LogP contribution >= 0.6 is 11.3 Å². The van der Waals surface area contributed by atoms with Gasteiger partial charge in [-0.2, -0.15) is 0 Å². The van der Waals surface area contributed by atoms with E-state index in [-0.39, 0.29) is 0 Å². The number of allylic oxidation sites excluding steroid dienone is 14. The van der Waals surface area contributed by atoms with E-state index in [2.05, 4.69) is 134 Å². The average molecular weight is 513 g/mol. The highest BCUT2D eigenvalue weighted by molar-refractivity contribution is 7.26. The Morgan fingerprint density at radius 3 is 2.33 bits per heavy atom. The Balaban J connectivity index is 1.21. The van der Waals surface area contributed by atoms with E-state index in [0.717, 1.165) is 0 Å². The molecule has 2 unspecified atom stereocenters. The minimum Gasteiger partial charge on any atom is -0.135 e. The zero-order chi connectivity index (χ0) is 25.5. The fraction of sp³-hybridized carbons (Fsp3) is 0.0526. The maximum absolute atomic E-state index is 2.39. The van der Waals surface area contributed by atoms with Crippen molar-refractivity contribution in [1.29, 1.82) is 0 Å². The van der Waals surface area contributed by atoms with Crippen molar-refractivity contribution in [3.63, 3.8) is 0 Å². The van der Waals surface area contributed by atoms with E-state index >= 15 is 0 Å². The van der Waals surface area contributed by atoms with Crippen LogP contribution in [0, 0.1) is 11.8 Å². The van der Waals surface area contributed by atoms with Crippen LogP contribution in [0.5, 0.6) is 0 Å². The summed E-state index contributed by atoms with van der Waals surface area (Å²) in [4.78, 5) is 0. The molecule has 0 saturated heterocycles. The number of hydrogen-bond acceptors (Lipinski definition) is 1. The first kappa shape index (κ1) is 21.5. The molecule has 0 saturated carbocycles. The lowest BCUT2D eigenvalue weighted by atomic mass is 9.61. The summed E-state index contributed by atoms with van der Waals surface area (Å²) < 4.78 is 2.75. The zero-order valence-corrected chi connectivity index (χ0v) is 22.1. The second-order valence-electron chi connectivity index (χ2n) is 10.9. The van der Waals surface area contributed by atoms with Crippen molar-refractivity contribution in [3.05, 3.63) is 167 Å². The first-order chi connectivity index (χ1) is 19.3. The lowest BCUT2D eigenvalue weighted by Crippen LogP contribution is -2.30. The molecule has 0 aliphatic heterocycles. The summed E-state index contributed by atoms with van der Waals surface area (Å²) in [6, 6.07) is 31.2. The summed E-state index contributed by atoms with van der Waals surface area (Å²) in [5.41, 5.74) is 11.1. The molecule has 0 nitrogen and oxygen atoms in total. The van der Waals surface area contributed by atoms with Crippen LogP contribution in [0.1, 0.15) is 11.1 Å². The summed E-state index contributed by atoms with van der Waals surface area (Å²) in [7, 11) is 0. The minimum absolute atomic E-state index is 0.343. The molecule has 5 aromatic rings. The summed E-state index contributed by atoms with van der Waals surface area (Å²) in [6.45, 7) is 0. The number of hydrogen-bond donors (Lipinski definition) is 0. The van der Waals surface area contributed by atoms with E-state index in [4.69, 9.17) is 0 Å². The number of fused-ring (bicyclic) bond motifs is 4. The van der Waals surface area contributed by atoms with Gasteiger partial charge >= 0.3 is 0 Å². The molecule has 0 spiro atoms. The van der Waals surface area contributed by atoms with E-state index in [1.54, 1.807) is 0 Å². The van der Waals surface area contributed by atoms with Gasteiger partial charge in [0.2, 0.25) is 0 Å². The van der Waals surface area contributed by atoms with Gasteiger partial charge in [0.1, 0.15) is 0 Å². The molecule has 0 radical (unpaired) electrons. The maximum atomic E-state index is 2.39. The van der Waals surface area contributed by atoms with Crippen molar-refractivity contribution >= 4 is 53.4 Å². The average Bonchev–Trinajstić information content (AvgIpc) is 3.38. The standard InChI is InChI=1S/C38H24S/c1-2-7-26-22-27(13-12-23(26)6-1)28-18-14-24-17-21-32-29(19-15-25-16-20-31(28)36(24)37(25)32)33-9-5-10-34-30-8-3-4-11-35(30)39-38(33)34/h1-22,36-37H. The lowest BCUT2D eigenvalue weighted by Gasteiger charge is -2.42. The van der Waals surface area contributed by atoms with Gasteiger partial charge < -0.3 is 0 Å². The van der Waals surface area contributed by atoms with Gasteiger partial charge in [0, 0.05) is 32.0 Å². The monoisotopic (exact) mass is 512 g/mol. The molecule has 39 heavy (non-hydrogen) atoms. The Morgan fingerprint density at radius 1 is 0.564 bits per heavy atom. The van der Waals surface area contributed by atoms with E-state index in [1.165, 1.54) is 75.5 Å². The Labute approximate surface area is 231 Å². The smallest absolute Gasteiger partial charge is 0.0433 e. The third-order valence-corrected chi connectivity index (χ3v) is 10.1. The van der Waals surface area contributed by atoms with Crippen LogP contribution in [0.25, 0.3) is 42.1 Å². The molecule has 1 heteroatoms. The van der Waals surface area contributed by atoms with Crippen molar-refractivity contribution in [3.8, 4) is 0 Å². The predicted octanol–water partition coefficient (Wildman–Crippen LogP) is 10.2. The van der Waals surface area contributed by atoms with Crippen LogP contribution in [0.15, 0.2) is 156 Å². The molecule has 4 aliphatic rings. The van der Waals surface area contributed by atoms with Gasteiger partial charge in [-0.15, -0.1) is 11.3 Å². The van der Waals surface area contributed by atoms with Crippen LogP contribution in [-0.2, 0) is 0 Å². The van der Waals surface area contributed by atoms with Gasteiger partial charge in [0.15, 0.2) is 0 Å². The van der Waals surface area contributed by atoms with Gasteiger partial charge in [-0.05, 0) is 67.5 Å². The van der Waals surface area contributed by atoms with Gasteiger partial charge in [0.05, 0.1) is 0 Å². The largest absolute Gasteiger partial charge is 0.135 e. The van der Waals surface area contributed by atoms with E-state index in [9.17, 15) is 0 Å². The molecule has 1 aromatic heterocycles. The number of benzene rings is 4. The van der Waals surface area contributed by atoms with Crippen molar-refractivity contribution in [1.82, 2.24) is 0 Å². The normalized spacial score (nSPS) is 21.1. The highest BCUT2D eigenvalue weighted by atomic mass is 32.1. The third-order valence-electron chi connectivity index (χ3n) is 8.89. The van der Waals surface area contributed by atoms with E-state index in [1.807, 2.05) is 11.3 Å². The lowest BCUT2D eigenvalue weighted by molar-refractivity contribution is 0.569. The predicted molar refractivity (Wildman–Crippen MR) is 168 cm³/mol. The van der Waals surface area contributed by atoms with Crippen molar-refractivity contribution < 1.29 is 0 Å². The molecule has 0 amide bonds. The second kappa shape index (κ2) is 8.02. The van der Waals surface area contributed by atoms with E-state index < -0.39 is 0 Å². The highest BCUT2D eigenvalue weighted by Crippen LogP contribution is 2.54. The van der Waals surface area contributed by atoms with Crippen molar-refractivity contribution in [2.24, 2.45) is 11.8 Å². The summed E-state index contributed by atoms with van der Waals surface area (Å²) >= 11 is 1.92.